The van der Waals surface area contributed by atoms with Crippen LogP contribution in [0.15, 0.2) is 24.5 Å². The fraction of sp³-hybridized carbons (Fsp3) is 0.231. The van der Waals surface area contributed by atoms with Gasteiger partial charge in [0.15, 0.2) is 16.6 Å². The fourth-order valence-corrected chi connectivity index (χ4v) is 2.39. The van der Waals surface area contributed by atoms with Crippen LogP contribution in [-0.4, -0.2) is 28.8 Å². The minimum Gasteiger partial charge on any atom is -0.464 e. The number of nitrogens with zero attached hydrogens (tertiary/aromatic N) is 2. The lowest BCUT2D eigenvalue weighted by Gasteiger charge is -2.01. The van der Waals surface area contributed by atoms with E-state index in [0.717, 1.165) is 16.9 Å². The average Bonchev–Trinajstić information content (AvgIpc) is 2.90. The molecule has 0 fully saturated rings. The Morgan fingerprint density at radius 1 is 1.45 bits per heavy atom. The number of aromatic nitrogens is 2. The first-order chi connectivity index (χ1) is 9.61. The van der Waals surface area contributed by atoms with Crippen molar-refractivity contribution in [2.75, 3.05) is 12.4 Å². The van der Waals surface area contributed by atoms with Gasteiger partial charge in [-0.25, -0.2) is 9.78 Å². The molecule has 20 heavy (non-hydrogen) atoms. The highest BCUT2D eigenvalue weighted by Gasteiger charge is 2.21. The van der Waals surface area contributed by atoms with Crippen molar-refractivity contribution in [3.05, 3.63) is 40.7 Å². The zero-order valence-electron chi connectivity index (χ0n) is 11.0. The van der Waals surface area contributed by atoms with Crippen molar-refractivity contribution in [3.63, 3.8) is 0 Å². The minimum absolute atomic E-state index is 0.0543. The van der Waals surface area contributed by atoms with Gasteiger partial charge < -0.3 is 10.1 Å². The third kappa shape index (κ3) is 3.18. The molecule has 0 spiro atoms. The molecule has 0 bridgehead atoms. The molecule has 0 atom stereocenters. The van der Waals surface area contributed by atoms with Gasteiger partial charge in [-0.1, -0.05) is 17.4 Å². The van der Waals surface area contributed by atoms with Gasteiger partial charge in [-0.3, -0.25) is 9.78 Å². The highest BCUT2D eigenvalue weighted by molar-refractivity contribution is 7.17. The van der Waals surface area contributed by atoms with Crippen LogP contribution in [0.4, 0.5) is 5.13 Å². The Morgan fingerprint density at radius 3 is 2.85 bits per heavy atom. The van der Waals surface area contributed by atoms with Crippen molar-refractivity contribution in [1.82, 2.24) is 9.97 Å². The summed E-state index contributed by atoms with van der Waals surface area (Å²) in [5, 5.41) is 3.56. The van der Waals surface area contributed by atoms with Crippen LogP contribution >= 0.6 is 11.3 Å². The number of rotatable bonds is 5. The summed E-state index contributed by atoms with van der Waals surface area (Å²) in [6.07, 6.45) is 3.42. The average molecular weight is 291 g/mol. The number of ether oxygens (including phenoxy) is 1. The third-order valence-electron chi connectivity index (χ3n) is 2.49. The molecule has 0 radical (unpaired) electrons. The van der Waals surface area contributed by atoms with Crippen LogP contribution in [0, 0.1) is 0 Å². The van der Waals surface area contributed by atoms with Crippen LogP contribution in [0.1, 0.15) is 32.6 Å². The number of pyridine rings is 1. The van der Waals surface area contributed by atoms with Gasteiger partial charge in [0, 0.05) is 25.9 Å². The second-order valence-corrected chi connectivity index (χ2v) is 4.96. The fourth-order valence-electron chi connectivity index (χ4n) is 1.55. The summed E-state index contributed by atoms with van der Waals surface area (Å²) < 4.78 is 4.62. The number of hydrogen-bond donors (Lipinski definition) is 1. The van der Waals surface area contributed by atoms with E-state index in [9.17, 15) is 9.59 Å². The van der Waals surface area contributed by atoms with Gasteiger partial charge in [-0.2, -0.15) is 0 Å². The summed E-state index contributed by atoms with van der Waals surface area (Å²) in [4.78, 5) is 31.5. The first-order valence-electron chi connectivity index (χ1n) is 5.84. The third-order valence-corrected chi connectivity index (χ3v) is 3.61. The van der Waals surface area contributed by atoms with Crippen molar-refractivity contribution < 1.29 is 14.3 Å². The smallest absolute Gasteiger partial charge is 0.358 e. The Balaban J connectivity index is 2.17. The maximum Gasteiger partial charge on any atom is 0.358 e. The zero-order chi connectivity index (χ0) is 14.5. The number of anilines is 1. The van der Waals surface area contributed by atoms with E-state index in [0.29, 0.717) is 16.6 Å². The second-order valence-electron chi connectivity index (χ2n) is 3.96. The highest BCUT2D eigenvalue weighted by atomic mass is 32.1. The summed E-state index contributed by atoms with van der Waals surface area (Å²) in [6.45, 7) is 1.91. The number of esters is 1. The molecular formula is C13H13N3O3S. The summed E-state index contributed by atoms with van der Waals surface area (Å²) in [5.74, 6) is -0.821. The van der Waals surface area contributed by atoms with Crippen LogP contribution in [0.2, 0.25) is 0 Å². The molecule has 2 aromatic rings. The number of nitrogens with one attached hydrogen (secondary N) is 1. The lowest BCUT2D eigenvalue weighted by molar-refractivity contribution is 0.0591. The summed E-state index contributed by atoms with van der Waals surface area (Å²) >= 11 is 1.14. The monoisotopic (exact) mass is 291 g/mol. The number of ketones is 1. The van der Waals surface area contributed by atoms with Crippen molar-refractivity contribution in [2.45, 2.75) is 13.5 Å². The molecule has 6 nitrogen and oxygen atoms in total. The Morgan fingerprint density at radius 2 is 2.25 bits per heavy atom. The van der Waals surface area contributed by atoms with Crippen molar-refractivity contribution in [1.29, 1.82) is 0 Å². The van der Waals surface area contributed by atoms with Gasteiger partial charge >= 0.3 is 5.97 Å². The van der Waals surface area contributed by atoms with Crippen molar-refractivity contribution >= 4 is 28.2 Å². The number of Topliss-reactive ketones (excluding diaryl/α,β-unsaturated/α-hetero) is 1. The van der Waals surface area contributed by atoms with Crippen LogP contribution < -0.4 is 5.32 Å². The topological polar surface area (TPSA) is 81.2 Å². The maximum atomic E-state index is 11.6. The Hall–Kier alpha value is -2.28. The van der Waals surface area contributed by atoms with E-state index in [-0.39, 0.29) is 11.5 Å². The normalized spacial score (nSPS) is 10.1. The standard InChI is InChI=1S/C13H13N3O3S/c1-8(17)11-10(12(18)19-2)16-13(20-11)15-7-9-4-3-5-14-6-9/h3-6H,7H2,1-2H3,(H,15,16). The van der Waals surface area contributed by atoms with Crippen molar-refractivity contribution in [3.8, 4) is 0 Å². The van der Waals surface area contributed by atoms with Crippen LogP contribution in [-0.2, 0) is 11.3 Å². The number of hydrogen-bond acceptors (Lipinski definition) is 7. The summed E-state index contributed by atoms with van der Waals surface area (Å²) in [5.41, 5.74) is 1.03. The molecule has 0 aromatic carbocycles. The van der Waals surface area contributed by atoms with E-state index in [1.54, 1.807) is 12.4 Å². The molecule has 2 rings (SSSR count). The molecule has 0 amide bonds. The molecule has 0 aliphatic carbocycles. The van der Waals surface area contributed by atoms with Gasteiger partial charge in [0.2, 0.25) is 0 Å². The zero-order valence-corrected chi connectivity index (χ0v) is 11.9. The largest absolute Gasteiger partial charge is 0.464 e. The van der Waals surface area contributed by atoms with E-state index in [2.05, 4.69) is 20.0 Å². The van der Waals surface area contributed by atoms with Crippen molar-refractivity contribution in [2.24, 2.45) is 0 Å². The SMILES string of the molecule is COC(=O)c1nc(NCc2cccnc2)sc1C(C)=O. The van der Waals surface area contributed by atoms with E-state index < -0.39 is 5.97 Å². The molecule has 0 unspecified atom stereocenters. The number of thiazole rings is 1. The highest BCUT2D eigenvalue weighted by Crippen LogP contribution is 2.24. The quantitative estimate of drug-likeness (QED) is 0.671. The molecule has 0 saturated heterocycles. The number of carbonyl (C=O) groups excluding carboxylic acids is 2. The lowest BCUT2D eigenvalue weighted by atomic mass is 10.3. The Kier molecular flexibility index (Phi) is 4.41. The first-order valence-corrected chi connectivity index (χ1v) is 6.66. The molecule has 0 aliphatic rings. The molecule has 0 aliphatic heterocycles. The van der Waals surface area contributed by atoms with Gasteiger partial charge in [-0.05, 0) is 11.6 Å². The van der Waals surface area contributed by atoms with E-state index in [1.165, 1.54) is 14.0 Å². The Labute approximate surface area is 119 Å². The maximum absolute atomic E-state index is 11.6. The molecule has 2 heterocycles. The van der Waals surface area contributed by atoms with Gasteiger partial charge in [0.25, 0.3) is 0 Å². The van der Waals surface area contributed by atoms with Crippen LogP contribution in [0.5, 0.6) is 0 Å². The van der Waals surface area contributed by atoms with E-state index in [1.807, 2.05) is 12.1 Å². The predicted molar refractivity (Wildman–Crippen MR) is 75.0 cm³/mol. The molecule has 7 heteroatoms. The van der Waals surface area contributed by atoms with Crippen LogP contribution in [0.3, 0.4) is 0 Å². The minimum atomic E-state index is -0.610. The van der Waals surface area contributed by atoms with E-state index >= 15 is 0 Å². The summed E-state index contributed by atoms with van der Waals surface area (Å²) in [6, 6.07) is 3.75. The first kappa shape index (κ1) is 14.1. The molecule has 104 valence electrons. The van der Waals surface area contributed by atoms with Gasteiger partial charge in [0.05, 0.1) is 7.11 Å². The van der Waals surface area contributed by atoms with E-state index in [4.69, 9.17) is 0 Å². The molecule has 0 saturated carbocycles. The number of carbonyl (C=O) groups is 2. The number of methoxy groups -OCH3 is 1. The molecule has 1 N–H and O–H groups in total. The summed E-state index contributed by atoms with van der Waals surface area (Å²) in [7, 11) is 1.26. The Bertz CT molecular complexity index is 625. The predicted octanol–water partition coefficient (Wildman–Crippen LogP) is 2.14. The van der Waals surface area contributed by atoms with Gasteiger partial charge in [-0.15, -0.1) is 0 Å². The molecule has 2 aromatic heterocycles. The molecular weight excluding hydrogens is 278 g/mol. The van der Waals surface area contributed by atoms with Gasteiger partial charge in [0.1, 0.15) is 4.88 Å². The van der Waals surface area contributed by atoms with Crippen LogP contribution in [0.25, 0.3) is 0 Å². The lowest BCUT2D eigenvalue weighted by Crippen LogP contribution is -2.07. The second kappa shape index (κ2) is 6.25.